The van der Waals surface area contributed by atoms with E-state index in [9.17, 15) is 14.9 Å². The standard InChI is InChI=1S/C27H23Cl2N3O4/c28-17-12-11-16(20(29)14-17)15-36-23-10-4-1-6-18(23)24-22-9-5-13-31(22)27(25(24)32(34)35)19-7-2-3-8-21(19)30-26(27)33/h1-4,6-8,10-12,14,22,24-25H,5,9,13,15H2,(H,30,33)/t22-,24+,25-,27+/m1/s1. The van der Waals surface area contributed by atoms with Crippen molar-refractivity contribution in [2.45, 2.75) is 43.0 Å². The summed E-state index contributed by atoms with van der Waals surface area (Å²) < 4.78 is 6.21. The molecule has 0 radical (unpaired) electrons. The van der Waals surface area contributed by atoms with E-state index in [0.29, 0.717) is 33.6 Å². The van der Waals surface area contributed by atoms with Gasteiger partial charge in [0.2, 0.25) is 0 Å². The zero-order chi connectivity index (χ0) is 25.0. The zero-order valence-electron chi connectivity index (χ0n) is 19.2. The minimum absolute atomic E-state index is 0.166. The van der Waals surface area contributed by atoms with Gasteiger partial charge in [-0.2, -0.15) is 0 Å². The summed E-state index contributed by atoms with van der Waals surface area (Å²) in [5, 5.41) is 16.8. The number of nitrogens with one attached hydrogen (secondary N) is 1. The van der Waals surface area contributed by atoms with E-state index >= 15 is 0 Å². The monoisotopic (exact) mass is 523 g/mol. The van der Waals surface area contributed by atoms with Crippen molar-refractivity contribution in [3.05, 3.63) is 104 Å². The van der Waals surface area contributed by atoms with Crippen molar-refractivity contribution in [2.75, 3.05) is 11.9 Å². The summed E-state index contributed by atoms with van der Waals surface area (Å²) in [5.74, 6) is -0.307. The third-order valence-electron chi connectivity index (χ3n) is 7.77. The fraction of sp³-hybridized carbons (Fsp3) is 0.296. The first-order valence-corrected chi connectivity index (χ1v) is 12.7. The molecule has 3 aliphatic rings. The first kappa shape index (κ1) is 23.3. The Balaban J connectivity index is 1.45. The first-order valence-electron chi connectivity index (χ1n) is 11.9. The van der Waals surface area contributed by atoms with Gasteiger partial charge in [0, 0.05) is 49.9 Å². The van der Waals surface area contributed by atoms with E-state index in [1.807, 2.05) is 48.5 Å². The highest BCUT2D eigenvalue weighted by molar-refractivity contribution is 6.35. The van der Waals surface area contributed by atoms with E-state index in [2.05, 4.69) is 10.2 Å². The summed E-state index contributed by atoms with van der Waals surface area (Å²) >= 11 is 12.4. The first-order chi connectivity index (χ1) is 17.4. The highest BCUT2D eigenvalue weighted by atomic mass is 35.5. The van der Waals surface area contributed by atoms with Crippen LogP contribution in [0.5, 0.6) is 5.75 Å². The third-order valence-corrected chi connectivity index (χ3v) is 8.36. The zero-order valence-corrected chi connectivity index (χ0v) is 20.7. The van der Waals surface area contributed by atoms with Crippen LogP contribution in [0.1, 0.15) is 35.4 Å². The quantitative estimate of drug-likeness (QED) is 0.346. The summed E-state index contributed by atoms with van der Waals surface area (Å²) in [6.45, 7) is 0.808. The number of hydrogen-bond acceptors (Lipinski definition) is 5. The fourth-order valence-corrected chi connectivity index (χ4v) is 6.89. The summed E-state index contributed by atoms with van der Waals surface area (Å²) in [4.78, 5) is 28.3. The van der Waals surface area contributed by atoms with Gasteiger partial charge in [-0.3, -0.25) is 19.8 Å². The van der Waals surface area contributed by atoms with E-state index in [1.165, 1.54) is 0 Å². The SMILES string of the molecule is O=C1Nc2ccccc2[C@]12[C@H]([N+](=O)[O-])[C@@H](c1ccccc1OCc1ccc(Cl)cc1Cl)[C@H]1CCCN12. The number of ether oxygens (including phenoxy) is 1. The van der Waals surface area contributed by atoms with Crippen molar-refractivity contribution < 1.29 is 14.5 Å². The van der Waals surface area contributed by atoms with Gasteiger partial charge in [0.1, 0.15) is 12.4 Å². The van der Waals surface area contributed by atoms with E-state index in [-0.39, 0.29) is 23.5 Å². The lowest BCUT2D eigenvalue weighted by Gasteiger charge is -2.32. The Morgan fingerprint density at radius 2 is 1.89 bits per heavy atom. The van der Waals surface area contributed by atoms with Crippen molar-refractivity contribution in [3.8, 4) is 5.75 Å². The Bertz CT molecular complexity index is 1380. The fourth-order valence-electron chi connectivity index (χ4n) is 6.43. The van der Waals surface area contributed by atoms with E-state index in [1.54, 1.807) is 18.2 Å². The summed E-state index contributed by atoms with van der Waals surface area (Å²) in [6.07, 6.45) is 1.63. The van der Waals surface area contributed by atoms with Gasteiger partial charge in [-0.1, -0.05) is 65.7 Å². The molecule has 0 unspecified atom stereocenters. The minimum Gasteiger partial charge on any atom is -0.489 e. The molecule has 2 fully saturated rings. The van der Waals surface area contributed by atoms with Gasteiger partial charge in [-0.05, 0) is 37.1 Å². The second-order valence-corrected chi connectivity index (χ2v) is 10.3. The van der Waals surface area contributed by atoms with Crippen molar-refractivity contribution in [1.29, 1.82) is 0 Å². The van der Waals surface area contributed by atoms with Crippen LogP contribution in [0.4, 0.5) is 5.69 Å². The molecule has 184 valence electrons. The van der Waals surface area contributed by atoms with Gasteiger partial charge in [0.15, 0.2) is 5.54 Å². The Kier molecular flexibility index (Phi) is 5.67. The van der Waals surface area contributed by atoms with Gasteiger partial charge >= 0.3 is 0 Å². The molecule has 0 bridgehead atoms. The summed E-state index contributed by atoms with van der Waals surface area (Å²) in [5.41, 5.74) is 1.45. The van der Waals surface area contributed by atoms with Crippen LogP contribution >= 0.6 is 23.2 Å². The van der Waals surface area contributed by atoms with Crippen molar-refractivity contribution in [2.24, 2.45) is 0 Å². The molecule has 1 N–H and O–H groups in total. The van der Waals surface area contributed by atoms with E-state index < -0.39 is 17.5 Å². The molecule has 6 rings (SSSR count). The lowest BCUT2D eigenvalue weighted by Crippen LogP contribution is -2.55. The number of anilines is 1. The van der Waals surface area contributed by atoms with E-state index in [4.69, 9.17) is 27.9 Å². The maximum Gasteiger partial charge on any atom is 0.256 e. The molecule has 9 heteroatoms. The molecule has 4 atom stereocenters. The number of hydrogen-bond donors (Lipinski definition) is 1. The maximum atomic E-state index is 13.6. The van der Waals surface area contributed by atoms with Crippen LogP contribution in [0, 0.1) is 10.1 Å². The van der Waals surface area contributed by atoms with Gasteiger partial charge in [-0.25, -0.2) is 0 Å². The molecule has 3 aliphatic heterocycles. The van der Waals surface area contributed by atoms with Crippen molar-refractivity contribution in [1.82, 2.24) is 4.90 Å². The largest absolute Gasteiger partial charge is 0.489 e. The molecule has 1 spiro atoms. The molecule has 3 aromatic rings. The predicted octanol–water partition coefficient (Wildman–Crippen LogP) is 5.63. The molecular formula is C27H23Cl2N3O4. The molecule has 36 heavy (non-hydrogen) atoms. The van der Waals surface area contributed by atoms with Crippen LogP contribution in [-0.4, -0.2) is 34.4 Å². The second kappa shape index (κ2) is 8.76. The number of para-hydroxylation sites is 2. The third kappa shape index (κ3) is 3.34. The number of benzene rings is 3. The number of carbonyl (C=O) groups excluding carboxylic acids is 1. The number of nitro groups is 1. The Morgan fingerprint density at radius 3 is 2.69 bits per heavy atom. The minimum atomic E-state index is -1.36. The summed E-state index contributed by atoms with van der Waals surface area (Å²) in [7, 11) is 0. The number of carbonyl (C=O) groups is 1. The van der Waals surface area contributed by atoms with Crippen LogP contribution in [0.3, 0.4) is 0 Å². The van der Waals surface area contributed by atoms with Crippen molar-refractivity contribution >= 4 is 34.8 Å². The average molecular weight is 524 g/mol. The highest BCUT2D eigenvalue weighted by Gasteiger charge is 2.73. The number of halogens is 2. The molecule has 3 aromatic carbocycles. The lowest BCUT2D eigenvalue weighted by atomic mass is 9.77. The molecule has 3 heterocycles. The molecule has 2 saturated heterocycles. The van der Waals surface area contributed by atoms with Gasteiger partial charge in [0.05, 0.1) is 5.92 Å². The Morgan fingerprint density at radius 1 is 1.11 bits per heavy atom. The molecular weight excluding hydrogens is 501 g/mol. The van der Waals surface area contributed by atoms with Crippen molar-refractivity contribution in [3.63, 3.8) is 0 Å². The molecule has 0 aromatic heterocycles. The van der Waals surface area contributed by atoms with Gasteiger partial charge in [-0.15, -0.1) is 0 Å². The molecule has 0 saturated carbocycles. The highest BCUT2D eigenvalue weighted by Crippen LogP contribution is 2.58. The van der Waals surface area contributed by atoms with Crippen LogP contribution in [-0.2, 0) is 16.9 Å². The molecule has 0 aliphatic carbocycles. The molecule has 1 amide bonds. The van der Waals surface area contributed by atoms with Gasteiger partial charge < -0.3 is 10.1 Å². The second-order valence-electron chi connectivity index (χ2n) is 9.49. The average Bonchev–Trinajstić information content (AvgIpc) is 3.52. The molecule has 7 nitrogen and oxygen atoms in total. The summed E-state index contributed by atoms with van der Waals surface area (Å²) in [6, 6.07) is 18.6. The predicted molar refractivity (Wildman–Crippen MR) is 137 cm³/mol. The number of rotatable bonds is 5. The number of amides is 1. The number of fused-ring (bicyclic) bond motifs is 4. The smallest absolute Gasteiger partial charge is 0.256 e. The van der Waals surface area contributed by atoms with Crippen LogP contribution < -0.4 is 10.1 Å². The maximum absolute atomic E-state index is 13.6. The normalized spacial score (nSPS) is 26.6. The van der Waals surface area contributed by atoms with Gasteiger partial charge in [0.25, 0.3) is 11.9 Å². The Hall–Kier alpha value is -3.13. The van der Waals surface area contributed by atoms with E-state index in [0.717, 1.165) is 24.0 Å². The Labute approximate surface area is 218 Å². The van der Waals surface area contributed by atoms with Crippen LogP contribution in [0.25, 0.3) is 0 Å². The topological polar surface area (TPSA) is 84.7 Å². The van der Waals surface area contributed by atoms with Crippen LogP contribution in [0.2, 0.25) is 10.0 Å². The van der Waals surface area contributed by atoms with Crippen LogP contribution in [0.15, 0.2) is 66.7 Å². The number of nitrogens with zero attached hydrogens (tertiary/aromatic N) is 2. The lowest BCUT2D eigenvalue weighted by molar-refractivity contribution is -0.534.